The van der Waals surface area contributed by atoms with Crippen LogP contribution in [0, 0.1) is 17.4 Å². The number of carbonyl (C=O) groups excluding carboxylic acids is 2. The summed E-state index contributed by atoms with van der Waals surface area (Å²) in [5.74, 6) is 0.364. The average Bonchev–Trinajstić information content (AvgIpc) is 3.36. The molecule has 1 aromatic carbocycles. The third-order valence-corrected chi connectivity index (χ3v) is 5.01. The first-order valence-electron chi connectivity index (χ1n) is 8.17. The van der Waals surface area contributed by atoms with Crippen molar-refractivity contribution < 1.29 is 14.1 Å². The van der Waals surface area contributed by atoms with E-state index >= 15 is 0 Å². The molecule has 2 aliphatic rings. The minimum Gasteiger partial charge on any atom is -0.350 e. The van der Waals surface area contributed by atoms with Crippen molar-refractivity contribution in [3.05, 3.63) is 41.7 Å². The summed E-state index contributed by atoms with van der Waals surface area (Å²) in [7, 11) is 0. The van der Waals surface area contributed by atoms with E-state index in [-0.39, 0.29) is 17.7 Å². The third kappa shape index (κ3) is 2.66. The van der Waals surface area contributed by atoms with E-state index in [0.29, 0.717) is 30.3 Å². The molecule has 1 aromatic heterocycles. The van der Waals surface area contributed by atoms with Gasteiger partial charge in [0.2, 0.25) is 5.76 Å². The number of hydrogen-bond acceptors (Lipinski definition) is 6. The molecule has 0 radical (unpaired) electrons. The summed E-state index contributed by atoms with van der Waals surface area (Å²) in [6.45, 7) is 1.98. The summed E-state index contributed by atoms with van der Waals surface area (Å²) in [6.07, 6.45) is 3.84. The highest BCUT2D eigenvalue weighted by atomic mass is 16.5. The Morgan fingerprint density at radius 3 is 2.84 bits per heavy atom. The standard InChI is InChI=1S/C18H16N4O3/c19-11-21-8-14-5-6-22(16(14)9-21)18(24)17-7-15(20-25-17)13-3-1-12(10-23)2-4-13/h1-4,7,10,14,16H,5-6,8-9H2/t14-,16+/m1/s1. The second-order valence-electron chi connectivity index (χ2n) is 6.44. The van der Waals surface area contributed by atoms with Crippen LogP contribution in [-0.2, 0) is 0 Å². The maximum Gasteiger partial charge on any atom is 0.292 e. The number of nitrogens with zero attached hydrogens (tertiary/aromatic N) is 4. The van der Waals surface area contributed by atoms with Crippen molar-refractivity contribution in [1.29, 1.82) is 5.26 Å². The second kappa shape index (κ2) is 6.06. The second-order valence-corrected chi connectivity index (χ2v) is 6.44. The third-order valence-electron chi connectivity index (χ3n) is 5.01. The molecule has 2 aliphatic heterocycles. The average molecular weight is 336 g/mol. The Balaban J connectivity index is 1.53. The molecule has 2 fully saturated rings. The Morgan fingerprint density at radius 2 is 2.12 bits per heavy atom. The fourth-order valence-electron chi connectivity index (χ4n) is 3.68. The first-order chi connectivity index (χ1) is 12.2. The molecule has 0 bridgehead atoms. The highest BCUT2D eigenvalue weighted by molar-refractivity contribution is 5.93. The van der Waals surface area contributed by atoms with Crippen LogP contribution in [0.15, 0.2) is 34.9 Å². The van der Waals surface area contributed by atoms with E-state index in [1.54, 1.807) is 40.1 Å². The summed E-state index contributed by atoms with van der Waals surface area (Å²) < 4.78 is 5.26. The first-order valence-corrected chi connectivity index (χ1v) is 8.17. The van der Waals surface area contributed by atoms with Crippen LogP contribution in [0.25, 0.3) is 11.3 Å². The van der Waals surface area contributed by atoms with Crippen molar-refractivity contribution in [2.75, 3.05) is 19.6 Å². The zero-order valence-electron chi connectivity index (χ0n) is 13.5. The van der Waals surface area contributed by atoms with Gasteiger partial charge >= 0.3 is 0 Å². The van der Waals surface area contributed by atoms with Crippen LogP contribution in [0.2, 0.25) is 0 Å². The molecule has 0 spiro atoms. The van der Waals surface area contributed by atoms with Gasteiger partial charge in [-0.05, 0) is 6.42 Å². The highest BCUT2D eigenvalue weighted by Gasteiger charge is 2.44. The van der Waals surface area contributed by atoms with Crippen LogP contribution < -0.4 is 0 Å². The monoisotopic (exact) mass is 336 g/mol. The van der Waals surface area contributed by atoms with Gasteiger partial charge in [0.15, 0.2) is 6.19 Å². The fourth-order valence-corrected chi connectivity index (χ4v) is 3.68. The van der Waals surface area contributed by atoms with Gasteiger partial charge in [-0.3, -0.25) is 9.59 Å². The zero-order valence-corrected chi connectivity index (χ0v) is 13.5. The maximum absolute atomic E-state index is 12.8. The topological polar surface area (TPSA) is 90.4 Å². The lowest BCUT2D eigenvalue weighted by Gasteiger charge is -2.22. The summed E-state index contributed by atoms with van der Waals surface area (Å²) in [5.41, 5.74) is 1.92. The first kappa shape index (κ1) is 15.4. The molecule has 0 unspecified atom stereocenters. The minimum absolute atomic E-state index is 0.0626. The van der Waals surface area contributed by atoms with Crippen LogP contribution in [0.5, 0.6) is 0 Å². The van der Waals surface area contributed by atoms with Gasteiger partial charge in [0.05, 0.1) is 6.04 Å². The minimum atomic E-state index is -0.185. The van der Waals surface area contributed by atoms with E-state index in [1.807, 2.05) is 0 Å². The van der Waals surface area contributed by atoms with E-state index in [2.05, 4.69) is 11.3 Å². The molecule has 7 heteroatoms. The SMILES string of the molecule is N#CN1C[C@H]2CCN(C(=O)c3cc(-c4ccc(C=O)cc4)no3)[C@H]2C1. The van der Waals surface area contributed by atoms with Crippen molar-refractivity contribution in [2.45, 2.75) is 12.5 Å². The van der Waals surface area contributed by atoms with Crippen molar-refractivity contribution in [1.82, 2.24) is 15.0 Å². The van der Waals surface area contributed by atoms with Crippen molar-refractivity contribution in [3.63, 3.8) is 0 Å². The number of hydrogen-bond donors (Lipinski definition) is 0. The van der Waals surface area contributed by atoms with E-state index in [4.69, 9.17) is 9.78 Å². The number of nitriles is 1. The van der Waals surface area contributed by atoms with Crippen molar-refractivity contribution in [2.24, 2.45) is 5.92 Å². The predicted molar refractivity (Wildman–Crippen MR) is 87.4 cm³/mol. The number of carbonyl (C=O) groups is 2. The smallest absolute Gasteiger partial charge is 0.292 e. The Bertz CT molecular complexity index is 852. The molecular weight excluding hydrogens is 320 g/mol. The largest absolute Gasteiger partial charge is 0.350 e. The molecule has 0 saturated carbocycles. The Morgan fingerprint density at radius 1 is 1.32 bits per heavy atom. The van der Waals surface area contributed by atoms with Gasteiger partial charge in [-0.1, -0.05) is 29.4 Å². The van der Waals surface area contributed by atoms with Crippen LogP contribution in [0.3, 0.4) is 0 Å². The summed E-state index contributed by atoms with van der Waals surface area (Å²) in [4.78, 5) is 27.0. The maximum atomic E-state index is 12.8. The summed E-state index contributed by atoms with van der Waals surface area (Å²) >= 11 is 0. The van der Waals surface area contributed by atoms with Crippen LogP contribution in [0.1, 0.15) is 27.3 Å². The Kier molecular flexibility index (Phi) is 3.73. The molecule has 3 heterocycles. The van der Waals surface area contributed by atoms with Crippen LogP contribution >= 0.6 is 0 Å². The van der Waals surface area contributed by atoms with Gasteiger partial charge in [0.25, 0.3) is 5.91 Å². The zero-order chi connectivity index (χ0) is 17.4. The number of aldehydes is 1. The molecule has 7 nitrogen and oxygen atoms in total. The van der Waals surface area contributed by atoms with Crippen LogP contribution in [-0.4, -0.2) is 52.8 Å². The number of amides is 1. The fraction of sp³-hybridized carbons (Fsp3) is 0.333. The molecule has 0 aliphatic carbocycles. The normalized spacial score (nSPS) is 21.9. The summed E-state index contributed by atoms with van der Waals surface area (Å²) in [6, 6.07) is 8.61. The number of aromatic nitrogens is 1. The lowest BCUT2D eigenvalue weighted by molar-refractivity contribution is 0.0689. The number of rotatable bonds is 3. The number of likely N-dealkylation sites (tertiary alicyclic amines) is 2. The van der Waals surface area contributed by atoms with Crippen molar-refractivity contribution >= 4 is 12.2 Å². The van der Waals surface area contributed by atoms with Gasteiger partial charge < -0.3 is 14.3 Å². The highest BCUT2D eigenvalue weighted by Crippen LogP contribution is 2.32. The van der Waals surface area contributed by atoms with E-state index in [9.17, 15) is 9.59 Å². The molecule has 2 saturated heterocycles. The van der Waals surface area contributed by atoms with Crippen LogP contribution in [0.4, 0.5) is 0 Å². The van der Waals surface area contributed by atoms with E-state index in [0.717, 1.165) is 24.8 Å². The summed E-state index contributed by atoms with van der Waals surface area (Å²) in [5, 5.41) is 13.0. The lowest BCUT2D eigenvalue weighted by Crippen LogP contribution is -2.39. The Hall–Kier alpha value is -3.14. The quantitative estimate of drug-likeness (QED) is 0.627. The number of benzene rings is 1. The molecule has 1 amide bonds. The molecule has 2 aromatic rings. The molecule has 0 N–H and O–H groups in total. The Labute approximate surface area is 144 Å². The molecule has 4 rings (SSSR count). The van der Waals surface area contributed by atoms with Gasteiger partial charge in [0, 0.05) is 42.7 Å². The molecule has 25 heavy (non-hydrogen) atoms. The molecule has 126 valence electrons. The lowest BCUT2D eigenvalue weighted by atomic mass is 10.1. The van der Waals surface area contributed by atoms with Gasteiger partial charge in [-0.25, -0.2) is 0 Å². The predicted octanol–water partition coefficient (Wildman–Crippen LogP) is 1.78. The van der Waals surface area contributed by atoms with E-state index < -0.39 is 0 Å². The van der Waals surface area contributed by atoms with Crippen molar-refractivity contribution in [3.8, 4) is 17.5 Å². The van der Waals surface area contributed by atoms with Gasteiger partial charge in [0.1, 0.15) is 12.0 Å². The van der Waals surface area contributed by atoms with Gasteiger partial charge in [-0.2, -0.15) is 5.26 Å². The molecule has 2 atom stereocenters. The van der Waals surface area contributed by atoms with Gasteiger partial charge in [-0.15, -0.1) is 0 Å². The molecular formula is C18H16N4O3. The van der Waals surface area contributed by atoms with E-state index in [1.165, 1.54) is 0 Å². The number of fused-ring (bicyclic) bond motifs is 1.